The van der Waals surface area contributed by atoms with Crippen LogP contribution in [0, 0.1) is 5.82 Å². The molecule has 0 radical (unpaired) electrons. The van der Waals surface area contributed by atoms with Gasteiger partial charge in [-0.05, 0) is 29.7 Å². The highest BCUT2D eigenvalue weighted by molar-refractivity contribution is 6.31. The van der Waals surface area contributed by atoms with Crippen LogP contribution in [-0.4, -0.2) is 19.0 Å². The van der Waals surface area contributed by atoms with Crippen molar-refractivity contribution in [3.05, 3.63) is 70.5 Å². The van der Waals surface area contributed by atoms with Crippen LogP contribution in [0.4, 0.5) is 4.39 Å². The van der Waals surface area contributed by atoms with Crippen LogP contribution in [0.3, 0.4) is 0 Å². The van der Waals surface area contributed by atoms with Gasteiger partial charge in [0, 0.05) is 11.6 Å². The maximum absolute atomic E-state index is 13.2. The van der Waals surface area contributed by atoms with Crippen molar-refractivity contribution in [1.29, 1.82) is 0 Å². The van der Waals surface area contributed by atoms with Crippen LogP contribution in [0.2, 0.25) is 5.02 Å². The molecule has 0 spiro atoms. The number of nitrogens with one attached hydrogen (secondary N) is 2. The molecule has 2 aromatic carbocycles. The summed E-state index contributed by atoms with van der Waals surface area (Å²) in [5.74, 6) is 0.479. The maximum atomic E-state index is 13.2. The van der Waals surface area contributed by atoms with E-state index in [0.29, 0.717) is 11.4 Å². The van der Waals surface area contributed by atoms with E-state index in [9.17, 15) is 4.39 Å². The molecule has 0 aromatic heterocycles. The third kappa shape index (κ3) is 3.57. The van der Waals surface area contributed by atoms with Gasteiger partial charge in [-0.2, -0.15) is 0 Å². The third-order valence-electron chi connectivity index (χ3n) is 3.63. The maximum Gasteiger partial charge on any atom is 0.191 e. The second-order valence-corrected chi connectivity index (χ2v) is 5.61. The zero-order valence-electron chi connectivity index (χ0n) is 12.0. The van der Waals surface area contributed by atoms with Crippen LogP contribution in [0.25, 0.3) is 0 Å². The Hall–Kier alpha value is -2.07. The number of aliphatic imine (C=N–C) groups is 1. The van der Waals surface area contributed by atoms with Gasteiger partial charge in [0.25, 0.3) is 0 Å². The Morgan fingerprint density at radius 2 is 2.05 bits per heavy atom. The molecule has 0 bridgehead atoms. The minimum Gasteiger partial charge on any atom is -0.355 e. The predicted octanol–water partition coefficient (Wildman–Crippen LogP) is 3.31. The van der Waals surface area contributed by atoms with E-state index < -0.39 is 0 Å². The molecule has 1 aliphatic heterocycles. The highest BCUT2D eigenvalue weighted by Gasteiger charge is 2.17. The van der Waals surface area contributed by atoms with Gasteiger partial charge in [-0.1, -0.05) is 48.0 Å². The monoisotopic (exact) mass is 317 g/mol. The van der Waals surface area contributed by atoms with E-state index in [0.717, 1.165) is 30.2 Å². The lowest BCUT2D eigenvalue weighted by atomic mass is 9.99. The number of hydrogen-bond donors (Lipinski definition) is 2. The molecule has 0 saturated carbocycles. The molecule has 1 heterocycles. The number of nitrogens with zero attached hydrogens (tertiary/aromatic N) is 1. The van der Waals surface area contributed by atoms with Gasteiger partial charge in [0.15, 0.2) is 5.96 Å². The van der Waals surface area contributed by atoms with E-state index in [4.69, 9.17) is 11.6 Å². The fourth-order valence-electron chi connectivity index (χ4n) is 2.50. The van der Waals surface area contributed by atoms with Gasteiger partial charge in [0.1, 0.15) is 5.82 Å². The summed E-state index contributed by atoms with van der Waals surface area (Å²) in [6, 6.07) is 14.7. The molecule has 22 heavy (non-hydrogen) atoms. The molecule has 2 N–H and O–H groups in total. The molecular weight excluding hydrogens is 301 g/mol. The van der Waals surface area contributed by atoms with E-state index in [1.807, 2.05) is 18.2 Å². The van der Waals surface area contributed by atoms with Crippen LogP contribution >= 0.6 is 11.6 Å². The van der Waals surface area contributed by atoms with Crippen molar-refractivity contribution in [2.45, 2.75) is 12.5 Å². The van der Waals surface area contributed by atoms with Crippen molar-refractivity contribution in [3.8, 4) is 0 Å². The van der Waals surface area contributed by atoms with Gasteiger partial charge in [-0.25, -0.2) is 4.39 Å². The molecule has 0 saturated heterocycles. The summed E-state index contributed by atoms with van der Waals surface area (Å²) in [5.41, 5.74) is 2.04. The highest BCUT2D eigenvalue weighted by Crippen LogP contribution is 2.24. The first-order chi connectivity index (χ1) is 10.7. The second-order valence-electron chi connectivity index (χ2n) is 5.20. The van der Waals surface area contributed by atoms with Crippen molar-refractivity contribution < 1.29 is 4.39 Å². The quantitative estimate of drug-likeness (QED) is 0.907. The fourth-order valence-corrected chi connectivity index (χ4v) is 2.75. The smallest absolute Gasteiger partial charge is 0.191 e. The lowest BCUT2D eigenvalue weighted by molar-refractivity contribution is 0.618. The van der Waals surface area contributed by atoms with Crippen LogP contribution in [0.1, 0.15) is 17.2 Å². The van der Waals surface area contributed by atoms with Crippen molar-refractivity contribution in [2.24, 2.45) is 4.99 Å². The number of hydrogen-bond acceptors (Lipinski definition) is 3. The normalized spacial score (nSPS) is 15.1. The molecular formula is C17H17ClFN3. The zero-order chi connectivity index (χ0) is 15.4. The first-order valence-electron chi connectivity index (χ1n) is 7.26. The average Bonchev–Trinajstić information content (AvgIpc) is 3.03. The van der Waals surface area contributed by atoms with E-state index in [1.165, 1.54) is 12.1 Å². The average molecular weight is 318 g/mol. The van der Waals surface area contributed by atoms with Gasteiger partial charge < -0.3 is 10.6 Å². The Kier molecular flexibility index (Phi) is 4.59. The van der Waals surface area contributed by atoms with Gasteiger partial charge in [0.2, 0.25) is 0 Å². The fraction of sp³-hybridized carbons (Fsp3) is 0.235. The third-order valence-corrected chi connectivity index (χ3v) is 3.98. The first kappa shape index (κ1) is 14.9. The van der Waals surface area contributed by atoms with E-state index in [1.54, 1.807) is 6.07 Å². The zero-order valence-corrected chi connectivity index (χ0v) is 12.8. The van der Waals surface area contributed by atoms with E-state index in [2.05, 4.69) is 27.8 Å². The van der Waals surface area contributed by atoms with Crippen molar-refractivity contribution in [1.82, 2.24) is 10.6 Å². The van der Waals surface area contributed by atoms with E-state index >= 15 is 0 Å². The lowest BCUT2D eigenvalue weighted by Crippen LogP contribution is -2.37. The minimum absolute atomic E-state index is 0.0218. The molecule has 3 rings (SSSR count). The predicted molar refractivity (Wildman–Crippen MR) is 87.7 cm³/mol. The summed E-state index contributed by atoms with van der Waals surface area (Å²) in [4.78, 5) is 4.38. The van der Waals surface area contributed by atoms with Gasteiger partial charge >= 0.3 is 0 Å². The minimum atomic E-state index is -0.320. The Morgan fingerprint density at radius 1 is 1.23 bits per heavy atom. The molecule has 5 heteroatoms. The van der Waals surface area contributed by atoms with Crippen LogP contribution in [0.5, 0.6) is 0 Å². The molecule has 1 atom stereocenters. The molecule has 2 aromatic rings. The van der Waals surface area contributed by atoms with Crippen LogP contribution < -0.4 is 10.6 Å². The molecule has 0 fully saturated rings. The SMILES string of the molecule is Fc1ccc(CC(NC2=NCCN2)c2ccccc2)c(Cl)c1. The van der Waals surface area contributed by atoms with Crippen molar-refractivity contribution in [2.75, 3.05) is 13.1 Å². The Bertz CT molecular complexity index is 673. The molecule has 3 nitrogen and oxygen atoms in total. The summed E-state index contributed by atoms with van der Waals surface area (Å²) in [7, 11) is 0. The summed E-state index contributed by atoms with van der Waals surface area (Å²) in [6.45, 7) is 1.63. The van der Waals surface area contributed by atoms with Gasteiger partial charge in [0.05, 0.1) is 12.6 Å². The largest absolute Gasteiger partial charge is 0.355 e. The van der Waals surface area contributed by atoms with E-state index in [-0.39, 0.29) is 11.9 Å². The number of guanidine groups is 1. The number of benzene rings is 2. The topological polar surface area (TPSA) is 36.4 Å². The van der Waals surface area contributed by atoms with Crippen molar-refractivity contribution >= 4 is 17.6 Å². The van der Waals surface area contributed by atoms with Crippen molar-refractivity contribution in [3.63, 3.8) is 0 Å². The molecule has 114 valence electrons. The standard InChI is InChI=1S/C17H17ClFN3/c18-15-11-14(19)7-6-13(15)10-16(12-4-2-1-3-5-12)22-17-20-8-9-21-17/h1-7,11,16H,8-10H2,(H2,20,21,22). The van der Waals surface area contributed by atoms with Crippen LogP contribution in [0.15, 0.2) is 53.5 Å². The van der Waals surface area contributed by atoms with Gasteiger partial charge in [-0.15, -0.1) is 0 Å². The van der Waals surface area contributed by atoms with Gasteiger partial charge in [-0.3, -0.25) is 4.99 Å². The summed E-state index contributed by atoms with van der Waals surface area (Å²) >= 11 is 6.16. The Morgan fingerprint density at radius 3 is 2.73 bits per heavy atom. The molecule has 1 aliphatic rings. The second kappa shape index (κ2) is 6.79. The Labute approximate surface area is 134 Å². The number of rotatable bonds is 4. The number of halogens is 2. The molecule has 1 unspecified atom stereocenters. The molecule has 0 aliphatic carbocycles. The summed E-state index contributed by atoms with van der Waals surface area (Å²) in [5, 5.41) is 7.07. The molecule has 0 amide bonds. The Balaban J connectivity index is 1.84. The highest BCUT2D eigenvalue weighted by atomic mass is 35.5. The first-order valence-corrected chi connectivity index (χ1v) is 7.64. The van der Waals surface area contributed by atoms with Crippen LogP contribution in [-0.2, 0) is 6.42 Å². The summed E-state index contributed by atoms with van der Waals surface area (Å²) in [6.07, 6.45) is 0.657. The summed E-state index contributed by atoms with van der Waals surface area (Å²) < 4.78 is 13.2. The lowest BCUT2D eigenvalue weighted by Gasteiger charge is -2.21.